The Bertz CT molecular complexity index is 515. The molecule has 1 unspecified atom stereocenters. The van der Waals surface area contributed by atoms with Gasteiger partial charge in [-0.3, -0.25) is 4.55 Å². The summed E-state index contributed by atoms with van der Waals surface area (Å²) >= 11 is 0. The summed E-state index contributed by atoms with van der Waals surface area (Å²) in [5.74, 6) is -0.0670. The van der Waals surface area contributed by atoms with Gasteiger partial charge in [-0.15, -0.1) is 0 Å². The van der Waals surface area contributed by atoms with Gasteiger partial charge < -0.3 is 15.2 Å². The van der Waals surface area contributed by atoms with Crippen molar-refractivity contribution in [1.82, 2.24) is 0 Å². The van der Waals surface area contributed by atoms with E-state index in [9.17, 15) is 13.5 Å². The van der Waals surface area contributed by atoms with Gasteiger partial charge >= 0.3 is 0 Å². The molecule has 19 heavy (non-hydrogen) atoms. The largest absolute Gasteiger partial charge is 0.492 e. The molecule has 1 atom stereocenters. The number of benzene rings is 1. The Labute approximate surface area is 113 Å². The first kappa shape index (κ1) is 15.7. The molecular formula is C12H19NO5S. The molecule has 108 valence electrons. The van der Waals surface area contributed by atoms with E-state index in [2.05, 4.69) is 5.32 Å². The third-order valence-electron chi connectivity index (χ3n) is 2.37. The highest BCUT2D eigenvalue weighted by molar-refractivity contribution is 7.85. The lowest BCUT2D eigenvalue weighted by Gasteiger charge is -2.15. The van der Waals surface area contributed by atoms with Gasteiger partial charge in [0.25, 0.3) is 10.1 Å². The van der Waals surface area contributed by atoms with Crippen LogP contribution in [0.5, 0.6) is 5.75 Å². The average molecular weight is 289 g/mol. The van der Waals surface area contributed by atoms with Crippen LogP contribution in [0.1, 0.15) is 12.5 Å². The van der Waals surface area contributed by atoms with Crippen molar-refractivity contribution < 1.29 is 22.8 Å². The summed E-state index contributed by atoms with van der Waals surface area (Å²) in [6, 6.07) is 5.53. The SMILES string of the molecule is CCOc1ccc(C)cc1NCC(O)CS(=O)(=O)O. The Balaban J connectivity index is 2.68. The van der Waals surface area contributed by atoms with E-state index in [1.54, 1.807) is 6.07 Å². The Morgan fingerprint density at radius 1 is 1.42 bits per heavy atom. The minimum atomic E-state index is -4.18. The number of ether oxygens (including phenoxy) is 1. The Hall–Kier alpha value is -1.31. The summed E-state index contributed by atoms with van der Waals surface area (Å²) < 4.78 is 35.3. The lowest BCUT2D eigenvalue weighted by Crippen LogP contribution is -2.27. The molecule has 0 fully saturated rings. The number of anilines is 1. The molecule has 0 saturated carbocycles. The first-order valence-corrected chi connectivity index (χ1v) is 7.53. The smallest absolute Gasteiger partial charge is 0.267 e. The fourth-order valence-corrected chi connectivity index (χ4v) is 2.20. The summed E-state index contributed by atoms with van der Waals surface area (Å²) in [6.07, 6.45) is -1.19. The third kappa shape index (κ3) is 5.91. The van der Waals surface area contributed by atoms with E-state index < -0.39 is 22.0 Å². The van der Waals surface area contributed by atoms with Crippen molar-refractivity contribution in [3.05, 3.63) is 23.8 Å². The summed E-state index contributed by atoms with van der Waals surface area (Å²) in [6.45, 7) is 4.28. The van der Waals surface area contributed by atoms with E-state index in [0.717, 1.165) is 5.56 Å². The summed E-state index contributed by atoms with van der Waals surface area (Å²) in [7, 11) is -4.18. The predicted molar refractivity (Wildman–Crippen MR) is 73.3 cm³/mol. The summed E-state index contributed by atoms with van der Waals surface area (Å²) in [5.41, 5.74) is 1.69. The van der Waals surface area contributed by atoms with E-state index in [0.29, 0.717) is 18.0 Å². The number of aliphatic hydroxyl groups excluding tert-OH is 1. The molecule has 7 heteroatoms. The van der Waals surface area contributed by atoms with Crippen molar-refractivity contribution in [3.8, 4) is 5.75 Å². The number of aryl methyl sites for hydroxylation is 1. The van der Waals surface area contributed by atoms with Crippen LogP contribution in [0, 0.1) is 6.92 Å². The average Bonchev–Trinajstić information content (AvgIpc) is 2.27. The normalized spacial score (nSPS) is 13.1. The number of hydrogen-bond acceptors (Lipinski definition) is 5. The van der Waals surface area contributed by atoms with Gasteiger partial charge in [-0.05, 0) is 31.5 Å². The topological polar surface area (TPSA) is 95.9 Å². The molecule has 6 nitrogen and oxygen atoms in total. The lowest BCUT2D eigenvalue weighted by molar-refractivity contribution is 0.207. The van der Waals surface area contributed by atoms with Crippen LogP contribution in [0.2, 0.25) is 0 Å². The zero-order valence-electron chi connectivity index (χ0n) is 11.0. The van der Waals surface area contributed by atoms with Crippen LogP contribution >= 0.6 is 0 Å². The van der Waals surface area contributed by atoms with Crippen LogP contribution in [0.4, 0.5) is 5.69 Å². The molecule has 0 amide bonds. The molecule has 0 bridgehead atoms. The molecule has 0 aliphatic carbocycles. The van der Waals surface area contributed by atoms with E-state index in [1.807, 2.05) is 26.0 Å². The summed E-state index contributed by atoms with van der Waals surface area (Å²) in [5, 5.41) is 12.4. The van der Waals surface area contributed by atoms with Gasteiger partial charge in [-0.25, -0.2) is 0 Å². The Morgan fingerprint density at radius 2 is 2.11 bits per heavy atom. The minimum absolute atomic E-state index is 0.00329. The Kier molecular flexibility index (Phi) is 5.59. The van der Waals surface area contributed by atoms with Crippen molar-refractivity contribution in [3.63, 3.8) is 0 Å². The van der Waals surface area contributed by atoms with Crippen molar-refractivity contribution in [2.75, 3.05) is 24.2 Å². The molecule has 0 aliphatic rings. The lowest BCUT2D eigenvalue weighted by atomic mass is 10.2. The van der Waals surface area contributed by atoms with Crippen LogP contribution in [0.25, 0.3) is 0 Å². The zero-order chi connectivity index (χ0) is 14.5. The maximum absolute atomic E-state index is 10.6. The van der Waals surface area contributed by atoms with Gasteiger partial charge in [0, 0.05) is 6.54 Å². The quantitative estimate of drug-likeness (QED) is 0.649. The van der Waals surface area contributed by atoms with E-state index in [1.165, 1.54) is 0 Å². The second kappa shape index (κ2) is 6.74. The van der Waals surface area contributed by atoms with Crippen LogP contribution < -0.4 is 10.1 Å². The number of nitrogens with one attached hydrogen (secondary N) is 1. The van der Waals surface area contributed by atoms with Gasteiger partial charge in [0.05, 0.1) is 18.4 Å². The first-order valence-electron chi connectivity index (χ1n) is 5.92. The summed E-state index contributed by atoms with van der Waals surface area (Å²) in [4.78, 5) is 0. The third-order valence-corrected chi connectivity index (χ3v) is 3.17. The van der Waals surface area contributed by atoms with E-state index in [4.69, 9.17) is 9.29 Å². The molecule has 1 aromatic carbocycles. The monoisotopic (exact) mass is 289 g/mol. The molecule has 3 N–H and O–H groups in total. The highest BCUT2D eigenvalue weighted by Gasteiger charge is 2.14. The first-order chi connectivity index (χ1) is 8.81. The number of hydrogen-bond donors (Lipinski definition) is 3. The number of rotatable bonds is 7. The fourth-order valence-electron chi connectivity index (χ4n) is 1.59. The second-order valence-corrected chi connectivity index (χ2v) is 5.71. The predicted octanol–water partition coefficient (Wildman–Crippen LogP) is 1.05. The highest BCUT2D eigenvalue weighted by Crippen LogP contribution is 2.25. The van der Waals surface area contributed by atoms with Gasteiger partial charge in [0.1, 0.15) is 11.5 Å². The molecular weight excluding hydrogens is 270 g/mol. The molecule has 0 radical (unpaired) electrons. The molecule has 1 aromatic rings. The maximum atomic E-state index is 10.6. The van der Waals surface area contributed by atoms with Crippen molar-refractivity contribution >= 4 is 15.8 Å². The molecule has 0 heterocycles. The fraction of sp³-hybridized carbons (Fsp3) is 0.500. The molecule has 0 aliphatic heterocycles. The van der Waals surface area contributed by atoms with Crippen LogP contribution in [0.3, 0.4) is 0 Å². The molecule has 1 rings (SSSR count). The number of aliphatic hydroxyl groups is 1. The van der Waals surface area contributed by atoms with Crippen molar-refractivity contribution in [1.29, 1.82) is 0 Å². The van der Waals surface area contributed by atoms with E-state index in [-0.39, 0.29) is 6.54 Å². The highest BCUT2D eigenvalue weighted by atomic mass is 32.2. The van der Waals surface area contributed by atoms with Gasteiger partial charge in [-0.1, -0.05) is 6.07 Å². The zero-order valence-corrected chi connectivity index (χ0v) is 11.8. The molecule has 0 aromatic heterocycles. The van der Waals surface area contributed by atoms with Crippen LogP contribution in [0.15, 0.2) is 18.2 Å². The van der Waals surface area contributed by atoms with Crippen molar-refractivity contribution in [2.45, 2.75) is 20.0 Å². The van der Waals surface area contributed by atoms with Crippen LogP contribution in [-0.2, 0) is 10.1 Å². The van der Waals surface area contributed by atoms with Gasteiger partial charge in [0.2, 0.25) is 0 Å². The van der Waals surface area contributed by atoms with E-state index >= 15 is 0 Å². The molecule has 0 saturated heterocycles. The van der Waals surface area contributed by atoms with Crippen LogP contribution in [-0.4, -0.2) is 43.1 Å². The maximum Gasteiger partial charge on any atom is 0.267 e. The molecule has 0 spiro atoms. The van der Waals surface area contributed by atoms with Crippen molar-refractivity contribution in [2.24, 2.45) is 0 Å². The van der Waals surface area contributed by atoms with Gasteiger partial charge in [0.15, 0.2) is 0 Å². The standard InChI is InChI=1S/C12H19NO5S/c1-3-18-12-5-4-9(2)6-11(12)13-7-10(14)8-19(15,16)17/h4-6,10,13-14H,3,7-8H2,1-2H3,(H,15,16,17). The second-order valence-electron chi connectivity index (χ2n) is 4.22. The van der Waals surface area contributed by atoms with Gasteiger partial charge in [-0.2, -0.15) is 8.42 Å². The minimum Gasteiger partial charge on any atom is -0.492 e. The Morgan fingerprint density at radius 3 is 2.68 bits per heavy atom.